The van der Waals surface area contributed by atoms with Gasteiger partial charge >= 0.3 is 11.9 Å². The number of ether oxygens (including phenoxy) is 2. The van der Waals surface area contributed by atoms with E-state index in [0.717, 1.165) is 32.1 Å². The van der Waals surface area contributed by atoms with Gasteiger partial charge in [0, 0.05) is 19.3 Å². The van der Waals surface area contributed by atoms with Crippen molar-refractivity contribution in [2.45, 2.75) is 91.8 Å². The van der Waals surface area contributed by atoms with Crippen molar-refractivity contribution in [2.75, 3.05) is 0 Å². The van der Waals surface area contributed by atoms with Gasteiger partial charge in [-0.05, 0) is 87.2 Å². The summed E-state index contributed by atoms with van der Waals surface area (Å²) >= 11 is 0. The maximum atomic E-state index is 12.9. The Labute approximate surface area is 185 Å². The third kappa shape index (κ3) is 3.14. The minimum Gasteiger partial charge on any atom is -0.458 e. The van der Waals surface area contributed by atoms with Crippen molar-refractivity contribution < 1.29 is 23.9 Å². The van der Waals surface area contributed by atoms with Crippen molar-refractivity contribution >= 4 is 17.7 Å². The molecule has 0 amide bonds. The molecule has 0 bridgehead atoms. The van der Waals surface area contributed by atoms with Crippen LogP contribution in [0.3, 0.4) is 0 Å². The van der Waals surface area contributed by atoms with Gasteiger partial charge in [-0.3, -0.25) is 14.4 Å². The number of hydrogen-bond donors (Lipinski definition) is 0. The van der Waals surface area contributed by atoms with Gasteiger partial charge in [-0.1, -0.05) is 25.5 Å². The number of fused-ring (bicyclic) bond motifs is 5. The van der Waals surface area contributed by atoms with Gasteiger partial charge in [-0.25, -0.2) is 0 Å². The highest BCUT2D eigenvalue weighted by Gasteiger charge is 2.67. The lowest BCUT2D eigenvalue weighted by molar-refractivity contribution is -0.185. The van der Waals surface area contributed by atoms with Gasteiger partial charge < -0.3 is 9.47 Å². The molecule has 31 heavy (non-hydrogen) atoms. The van der Waals surface area contributed by atoms with Crippen molar-refractivity contribution in [3.05, 3.63) is 23.3 Å². The van der Waals surface area contributed by atoms with Crippen LogP contribution in [-0.2, 0) is 23.9 Å². The summed E-state index contributed by atoms with van der Waals surface area (Å²) in [6.45, 7) is 11.2. The van der Waals surface area contributed by atoms with Gasteiger partial charge in [-0.15, -0.1) is 0 Å². The lowest BCUT2D eigenvalue weighted by atomic mass is 9.47. The maximum Gasteiger partial charge on any atom is 0.303 e. The minimum atomic E-state index is -1.000. The average molecular weight is 429 g/mol. The number of esters is 2. The van der Waals surface area contributed by atoms with E-state index in [2.05, 4.69) is 32.9 Å². The number of rotatable bonds is 3. The van der Waals surface area contributed by atoms with Gasteiger partial charge in [0.2, 0.25) is 0 Å². The fourth-order valence-corrected chi connectivity index (χ4v) is 7.92. The van der Waals surface area contributed by atoms with Gasteiger partial charge in [0.05, 0.1) is 0 Å². The van der Waals surface area contributed by atoms with Crippen LogP contribution >= 0.6 is 0 Å². The van der Waals surface area contributed by atoms with E-state index in [-0.39, 0.29) is 34.7 Å². The van der Waals surface area contributed by atoms with E-state index in [9.17, 15) is 14.4 Å². The van der Waals surface area contributed by atoms with E-state index in [1.807, 2.05) is 0 Å². The third-order valence-corrected chi connectivity index (χ3v) is 9.26. The Hall–Kier alpha value is -1.91. The minimum absolute atomic E-state index is 0.0173. The van der Waals surface area contributed by atoms with Crippen LogP contribution in [0.5, 0.6) is 0 Å². The molecule has 0 aromatic heterocycles. The zero-order valence-corrected chi connectivity index (χ0v) is 19.7. The zero-order valence-electron chi connectivity index (χ0n) is 19.7. The predicted molar refractivity (Wildman–Crippen MR) is 117 cm³/mol. The van der Waals surface area contributed by atoms with E-state index in [0.29, 0.717) is 24.2 Å². The van der Waals surface area contributed by atoms with Gasteiger partial charge in [0.25, 0.3) is 0 Å². The summed E-state index contributed by atoms with van der Waals surface area (Å²) in [5, 5.41) is 0. The van der Waals surface area contributed by atoms with E-state index in [1.54, 1.807) is 6.92 Å². The molecule has 0 aromatic rings. The second kappa shape index (κ2) is 7.31. The Morgan fingerprint density at radius 3 is 2.19 bits per heavy atom. The smallest absolute Gasteiger partial charge is 0.303 e. The molecule has 7 atom stereocenters. The van der Waals surface area contributed by atoms with Crippen molar-refractivity contribution in [2.24, 2.45) is 28.6 Å². The van der Waals surface area contributed by atoms with Crippen LogP contribution in [0.4, 0.5) is 0 Å². The average Bonchev–Trinajstić information content (AvgIpc) is 2.96. The molecule has 5 nitrogen and oxygen atoms in total. The van der Waals surface area contributed by atoms with Crippen LogP contribution in [0.2, 0.25) is 0 Å². The second-order valence-electron chi connectivity index (χ2n) is 10.8. The largest absolute Gasteiger partial charge is 0.458 e. The molecule has 170 valence electrons. The standard InChI is InChI=1S/C26H36O5/c1-15-13-20-21(24(5)10-7-19(14-23(15)24)30-17(3)28)8-11-25(6)22(20)9-12-26(25,16(2)27)31-18(4)29/h13-14,19-22H,7-12H2,1-6H3/t19-,20-,21+,22+,24-,25+,26+/m0/s1. The molecule has 4 aliphatic carbocycles. The molecular formula is C26H36O5. The first-order valence-electron chi connectivity index (χ1n) is 11.7. The Morgan fingerprint density at radius 1 is 0.903 bits per heavy atom. The number of ketones is 1. The summed E-state index contributed by atoms with van der Waals surface area (Å²) in [5.41, 5.74) is 1.29. The maximum absolute atomic E-state index is 12.9. The molecule has 0 spiro atoms. The Morgan fingerprint density at radius 2 is 1.58 bits per heavy atom. The summed E-state index contributed by atoms with van der Waals surface area (Å²) in [7, 11) is 0. The molecule has 2 saturated carbocycles. The van der Waals surface area contributed by atoms with Crippen molar-refractivity contribution in [1.29, 1.82) is 0 Å². The molecule has 0 aromatic carbocycles. The van der Waals surface area contributed by atoms with Crippen LogP contribution < -0.4 is 0 Å². The van der Waals surface area contributed by atoms with E-state index in [4.69, 9.17) is 9.47 Å². The highest BCUT2D eigenvalue weighted by atomic mass is 16.6. The number of hydrogen-bond acceptors (Lipinski definition) is 5. The van der Waals surface area contributed by atoms with Gasteiger partial charge in [0.1, 0.15) is 6.10 Å². The summed E-state index contributed by atoms with van der Waals surface area (Å²) < 4.78 is 11.4. The fraction of sp³-hybridized carbons (Fsp3) is 0.731. The summed E-state index contributed by atoms with van der Waals surface area (Å²) in [4.78, 5) is 36.3. The Bertz CT molecular complexity index is 884. The number of carbonyl (C=O) groups is 3. The SMILES string of the molecule is CC(=O)O[C@@H]1C=C2C(C)=C[C@H]3[C@@H](CC[C@]4(C)[C@@H]3CC[C@@]4(OC(C)=O)C(C)=O)[C@]2(C)CC1. The highest BCUT2D eigenvalue weighted by molar-refractivity contribution is 5.89. The zero-order chi connectivity index (χ0) is 22.8. The molecule has 5 heteroatoms. The van der Waals surface area contributed by atoms with E-state index >= 15 is 0 Å². The third-order valence-electron chi connectivity index (χ3n) is 9.26. The molecule has 0 N–H and O–H groups in total. The van der Waals surface area contributed by atoms with E-state index < -0.39 is 5.60 Å². The molecule has 0 unspecified atom stereocenters. The summed E-state index contributed by atoms with van der Waals surface area (Å²) in [5.74, 6) is 0.550. The fourth-order valence-electron chi connectivity index (χ4n) is 7.92. The molecule has 0 saturated heterocycles. The molecule has 4 rings (SSSR count). The highest BCUT2D eigenvalue weighted by Crippen LogP contribution is 2.68. The van der Waals surface area contributed by atoms with Crippen LogP contribution in [0.25, 0.3) is 0 Å². The van der Waals surface area contributed by atoms with Crippen LogP contribution in [-0.4, -0.2) is 29.4 Å². The number of carbonyl (C=O) groups excluding carboxylic acids is 3. The van der Waals surface area contributed by atoms with Crippen molar-refractivity contribution in [1.82, 2.24) is 0 Å². The first-order valence-corrected chi connectivity index (χ1v) is 11.7. The summed E-state index contributed by atoms with van der Waals surface area (Å²) in [6.07, 6.45) is 9.69. The molecule has 0 heterocycles. The molecular weight excluding hydrogens is 392 g/mol. The predicted octanol–water partition coefficient (Wildman–Crippen LogP) is 4.94. The monoisotopic (exact) mass is 428 g/mol. The number of allylic oxidation sites excluding steroid dienone is 3. The van der Waals surface area contributed by atoms with Crippen LogP contribution in [0, 0.1) is 28.6 Å². The van der Waals surface area contributed by atoms with Crippen molar-refractivity contribution in [3.8, 4) is 0 Å². The van der Waals surface area contributed by atoms with Crippen LogP contribution in [0.15, 0.2) is 23.3 Å². The Kier molecular flexibility index (Phi) is 5.26. The van der Waals surface area contributed by atoms with Gasteiger partial charge in [0.15, 0.2) is 11.4 Å². The molecule has 4 aliphatic rings. The first-order chi connectivity index (χ1) is 14.4. The van der Waals surface area contributed by atoms with Crippen LogP contribution in [0.1, 0.15) is 80.1 Å². The lowest BCUT2D eigenvalue weighted by Crippen LogP contribution is -2.58. The van der Waals surface area contributed by atoms with E-state index in [1.165, 1.54) is 25.0 Å². The number of Topliss-reactive ketones (excluding diaryl/α,β-unsaturated/α-hetero) is 1. The molecule has 0 radical (unpaired) electrons. The quantitative estimate of drug-likeness (QED) is 0.596. The normalized spacial score (nSPS) is 43.5. The lowest BCUT2D eigenvalue weighted by Gasteiger charge is -2.58. The Balaban J connectivity index is 1.73. The molecule has 2 fully saturated rings. The summed E-state index contributed by atoms with van der Waals surface area (Å²) in [6, 6.07) is 0. The van der Waals surface area contributed by atoms with Gasteiger partial charge in [-0.2, -0.15) is 0 Å². The van der Waals surface area contributed by atoms with Crippen molar-refractivity contribution in [3.63, 3.8) is 0 Å². The topological polar surface area (TPSA) is 69.7 Å². The molecule has 0 aliphatic heterocycles. The second-order valence-corrected chi connectivity index (χ2v) is 10.8. The first kappa shape index (κ1) is 22.3.